The maximum atomic E-state index is 14.1. The Hall–Kier alpha value is -3.58. The third-order valence-electron chi connectivity index (χ3n) is 6.30. The number of pyridine rings is 1. The van der Waals surface area contributed by atoms with Gasteiger partial charge in [0, 0.05) is 62.6 Å². The molecule has 1 N–H and O–H groups in total. The Morgan fingerprint density at radius 1 is 1.06 bits per heavy atom. The molecule has 1 unspecified atom stereocenters. The fraction of sp³-hybridized carbons (Fsp3) is 0.192. The van der Waals surface area contributed by atoms with Gasteiger partial charge in [0.05, 0.1) is 0 Å². The first kappa shape index (κ1) is 20.1. The molecule has 33 heavy (non-hydrogen) atoms. The highest BCUT2D eigenvalue weighted by Crippen LogP contribution is 2.42. The van der Waals surface area contributed by atoms with Gasteiger partial charge in [0.1, 0.15) is 6.04 Å². The number of benzene rings is 1. The average Bonchev–Trinajstić information content (AvgIpc) is 3.48. The number of hydrogen-bond donors (Lipinski definition) is 1. The second-order valence-electron chi connectivity index (χ2n) is 8.18. The molecule has 1 aliphatic rings. The van der Waals surface area contributed by atoms with Crippen LogP contribution in [0.25, 0.3) is 22.0 Å². The monoisotopic (exact) mass is 455 g/mol. The van der Waals surface area contributed by atoms with Gasteiger partial charge in [-0.25, -0.2) is 15.0 Å². The second-order valence-corrected chi connectivity index (χ2v) is 9.38. The van der Waals surface area contributed by atoms with Crippen LogP contribution in [0.2, 0.25) is 0 Å². The Balaban J connectivity index is 1.44. The van der Waals surface area contributed by atoms with Crippen molar-refractivity contribution in [2.75, 3.05) is 11.4 Å². The fourth-order valence-corrected chi connectivity index (χ4v) is 5.77. The van der Waals surface area contributed by atoms with Crippen LogP contribution in [0, 0.1) is 5.95 Å². The maximum Gasteiger partial charge on any atom is 0.226 e. The van der Waals surface area contributed by atoms with Gasteiger partial charge >= 0.3 is 0 Å². The van der Waals surface area contributed by atoms with Crippen molar-refractivity contribution < 1.29 is 4.39 Å². The van der Waals surface area contributed by atoms with Crippen molar-refractivity contribution in [3.63, 3.8) is 0 Å². The van der Waals surface area contributed by atoms with Gasteiger partial charge in [-0.15, -0.1) is 11.3 Å². The highest BCUT2D eigenvalue weighted by atomic mass is 32.1. The van der Waals surface area contributed by atoms with E-state index >= 15 is 0 Å². The maximum absolute atomic E-state index is 14.1. The van der Waals surface area contributed by atoms with E-state index in [9.17, 15) is 4.39 Å². The van der Waals surface area contributed by atoms with Crippen molar-refractivity contribution in [2.24, 2.45) is 0 Å². The Bertz CT molecular complexity index is 1440. The first-order valence-electron chi connectivity index (χ1n) is 11.1. The molecule has 6 rings (SSSR count). The highest BCUT2D eigenvalue weighted by Gasteiger charge is 2.34. The Labute approximate surface area is 195 Å². The van der Waals surface area contributed by atoms with E-state index in [4.69, 9.17) is 0 Å². The van der Waals surface area contributed by atoms with Crippen LogP contribution in [0.5, 0.6) is 0 Å². The van der Waals surface area contributed by atoms with Gasteiger partial charge in [-0.1, -0.05) is 25.1 Å². The van der Waals surface area contributed by atoms with Gasteiger partial charge in [0.15, 0.2) is 0 Å². The number of nitrogens with zero attached hydrogens (tertiary/aromatic N) is 4. The summed E-state index contributed by atoms with van der Waals surface area (Å²) in [5.74, 6) is 0.127. The number of para-hydroxylation sites is 1. The van der Waals surface area contributed by atoms with E-state index in [1.807, 2.05) is 11.3 Å². The lowest BCUT2D eigenvalue weighted by molar-refractivity contribution is 0.587. The molecular weight excluding hydrogens is 433 g/mol. The van der Waals surface area contributed by atoms with Crippen molar-refractivity contribution >= 4 is 28.2 Å². The van der Waals surface area contributed by atoms with Crippen LogP contribution in [-0.2, 0) is 12.8 Å². The summed E-state index contributed by atoms with van der Waals surface area (Å²) < 4.78 is 14.1. The molecule has 5 nitrogen and oxygen atoms in total. The molecule has 0 fully saturated rings. The number of aromatic nitrogens is 4. The van der Waals surface area contributed by atoms with Crippen LogP contribution in [0.3, 0.4) is 0 Å². The van der Waals surface area contributed by atoms with Crippen molar-refractivity contribution in [1.82, 2.24) is 19.9 Å². The number of rotatable bonds is 4. The van der Waals surface area contributed by atoms with E-state index in [1.165, 1.54) is 32.6 Å². The van der Waals surface area contributed by atoms with Gasteiger partial charge in [0.2, 0.25) is 11.9 Å². The molecule has 1 atom stereocenters. The summed E-state index contributed by atoms with van der Waals surface area (Å²) in [6.07, 6.45) is 6.73. The minimum absolute atomic E-state index is 0.00688. The number of aromatic amines is 1. The van der Waals surface area contributed by atoms with Gasteiger partial charge in [-0.2, -0.15) is 4.39 Å². The van der Waals surface area contributed by atoms with Crippen LogP contribution < -0.4 is 4.90 Å². The van der Waals surface area contributed by atoms with Crippen molar-refractivity contribution in [1.29, 1.82) is 0 Å². The van der Waals surface area contributed by atoms with Crippen LogP contribution in [0.1, 0.15) is 34.0 Å². The van der Waals surface area contributed by atoms with Crippen LogP contribution in [0.15, 0.2) is 67.1 Å². The zero-order valence-electron chi connectivity index (χ0n) is 18.1. The molecule has 0 saturated heterocycles. The Kier molecular flexibility index (Phi) is 4.91. The summed E-state index contributed by atoms with van der Waals surface area (Å²) >= 11 is 1.84. The number of fused-ring (bicyclic) bond motifs is 3. The van der Waals surface area contributed by atoms with Crippen LogP contribution in [-0.4, -0.2) is 26.5 Å². The van der Waals surface area contributed by atoms with E-state index in [0.717, 1.165) is 24.9 Å². The largest absolute Gasteiger partial charge is 0.356 e. The summed E-state index contributed by atoms with van der Waals surface area (Å²) in [6.45, 7) is 2.99. The average molecular weight is 456 g/mol. The molecule has 7 heteroatoms. The number of H-pyrrole nitrogens is 1. The van der Waals surface area contributed by atoms with E-state index in [-0.39, 0.29) is 6.04 Å². The quantitative estimate of drug-likeness (QED) is 0.341. The molecule has 1 aromatic carbocycles. The standard InChI is InChI=1S/C26H22FN5S/c1-2-17-9-10-22(33-17)24-23-20(19-6-3-4-8-21(19)31-23)11-13-32(24)26-29-14-16(15-30-26)18-7-5-12-28-25(18)27/h3-10,12,14-15,24,31H,2,11,13H2,1H3. The Morgan fingerprint density at radius 2 is 1.91 bits per heavy atom. The summed E-state index contributed by atoms with van der Waals surface area (Å²) in [6, 6.07) is 16.3. The molecule has 0 saturated carbocycles. The predicted octanol–water partition coefficient (Wildman–Crippen LogP) is 5.94. The molecular formula is C26H22FN5S. The lowest BCUT2D eigenvalue weighted by Crippen LogP contribution is -2.36. The van der Waals surface area contributed by atoms with E-state index in [0.29, 0.717) is 17.1 Å². The summed E-state index contributed by atoms with van der Waals surface area (Å²) in [5, 5.41) is 1.28. The molecule has 4 aromatic heterocycles. The summed E-state index contributed by atoms with van der Waals surface area (Å²) in [7, 11) is 0. The third kappa shape index (κ3) is 3.40. The van der Waals surface area contributed by atoms with Crippen molar-refractivity contribution in [2.45, 2.75) is 25.8 Å². The second kappa shape index (κ2) is 8.08. The van der Waals surface area contributed by atoms with Crippen LogP contribution >= 0.6 is 11.3 Å². The Morgan fingerprint density at radius 3 is 2.70 bits per heavy atom. The molecule has 164 valence electrons. The molecule has 5 aromatic rings. The fourth-order valence-electron chi connectivity index (χ4n) is 4.69. The zero-order chi connectivity index (χ0) is 22.4. The number of nitrogens with one attached hydrogen (secondary N) is 1. The summed E-state index contributed by atoms with van der Waals surface area (Å²) in [4.78, 5) is 21.6. The molecule has 0 radical (unpaired) electrons. The van der Waals surface area contributed by atoms with Crippen molar-refractivity contribution in [3.05, 3.63) is 94.1 Å². The zero-order valence-corrected chi connectivity index (χ0v) is 18.9. The number of thiophene rings is 1. The highest BCUT2D eigenvalue weighted by molar-refractivity contribution is 7.12. The van der Waals surface area contributed by atoms with Crippen molar-refractivity contribution in [3.8, 4) is 11.1 Å². The molecule has 0 amide bonds. The molecule has 0 aliphatic carbocycles. The summed E-state index contributed by atoms with van der Waals surface area (Å²) in [5.41, 5.74) is 4.76. The van der Waals surface area contributed by atoms with Gasteiger partial charge in [-0.3, -0.25) is 0 Å². The third-order valence-corrected chi connectivity index (χ3v) is 7.58. The number of anilines is 1. The first-order valence-corrected chi connectivity index (χ1v) is 11.9. The van der Waals surface area contributed by atoms with Gasteiger partial charge < -0.3 is 9.88 Å². The molecule has 1 aliphatic heterocycles. The normalized spacial score (nSPS) is 15.7. The topological polar surface area (TPSA) is 57.7 Å². The number of halogens is 1. The minimum atomic E-state index is -0.516. The predicted molar refractivity (Wildman–Crippen MR) is 130 cm³/mol. The molecule has 0 spiro atoms. The minimum Gasteiger partial charge on any atom is -0.356 e. The van der Waals surface area contributed by atoms with E-state index in [1.54, 1.807) is 24.5 Å². The SMILES string of the molecule is CCc1ccc(C2c3[nH]c4ccccc4c3CCN2c2ncc(-c3cccnc3F)cn2)s1. The van der Waals surface area contributed by atoms with Gasteiger partial charge in [-0.05, 0) is 48.7 Å². The van der Waals surface area contributed by atoms with E-state index in [2.05, 4.69) is 68.2 Å². The molecule has 5 heterocycles. The smallest absolute Gasteiger partial charge is 0.226 e. The number of aryl methyl sites for hydroxylation is 1. The lowest BCUT2D eigenvalue weighted by atomic mass is 9.96. The van der Waals surface area contributed by atoms with Gasteiger partial charge in [0.25, 0.3) is 0 Å². The lowest BCUT2D eigenvalue weighted by Gasteiger charge is -2.35. The van der Waals surface area contributed by atoms with Crippen LogP contribution in [0.4, 0.5) is 10.3 Å². The molecule has 0 bridgehead atoms. The van der Waals surface area contributed by atoms with E-state index < -0.39 is 5.95 Å². The number of hydrogen-bond acceptors (Lipinski definition) is 5. The first-order chi connectivity index (χ1) is 16.2.